The third-order valence-corrected chi connectivity index (χ3v) is 2.38. The van der Waals surface area contributed by atoms with Gasteiger partial charge in [-0.3, -0.25) is 14.6 Å². The molecule has 0 spiro atoms. The number of carbonyl (C=O) groups excluding carboxylic acids is 2. The van der Waals surface area contributed by atoms with Gasteiger partial charge in [-0.1, -0.05) is 0 Å². The Morgan fingerprint density at radius 1 is 1.14 bits per heavy atom. The Labute approximate surface area is 123 Å². The molecule has 8 heteroatoms. The van der Waals surface area contributed by atoms with Crippen molar-refractivity contribution < 1.29 is 23.8 Å². The SMILES string of the molecule is COC(=O)CN(CC(=O)OC)c1cncc(OC(C)C)n1. The largest absolute Gasteiger partial charge is 0.474 e. The minimum absolute atomic E-state index is 0.0655. The van der Waals surface area contributed by atoms with Crippen LogP contribution < -0.4 is 9.64 Å². The summed E-state index contributed by atoms with van der Waals surface area (Å²) in [6.45, 7) is 3.42. The van der Waals surface area contributed by atoms with Crippen LogP contribution in [0, 0.1) is 0 Å². The van der Waals surface area contributed by atoms with Gasteiger partial charge in [0.15, 0.2) is 5.82 Å². The molecule has 0 fully saturated rings. The Kier molecular flexibility index (Phi) is 6.38. The number of aromatic nitrogens is 2. The van der Waals surface area contributed by atoms with E-state index in [0.29, 0.717) is 11.7 Å². The second-order valence-corrected chi connectivity index (χ2v) is 4.39. The van der Waals surface area contributed by atoms with Crippen molar-refractivity contribution in [1.82, 2.24) is 9.97 Å². The quantitative estimate of drug-likeness (QED) is 0.669. The number of rotatable bonds is 7. The predicted octanol–water partition coefficient (Wildman–Crippen LogP) is 0.416. The van der Waals surface area contributed by atoms with Gasteiger partial charge in [-0.25, -0.2) is 0 Å². The molecule has 0 saturated carbocycles. The van der Waals surface area contributed by atoms with Gasteiger partial charge in [-0.2, -0.15) is 4.98 Å². The monoisotopic (exact) mass is 297 g/mol. The lowest BCUT2D eigenvalue weighted by atomic mass is 10.4. The summed E-state index contributed by atoms with van der Waals surface area (Å²) in [6, 6.07) is 0. The average Bonchev–Trinajstić information content (AvgIpc) is 2.45. The summed E-state index contributed by atoms with van der Waals surface area (Å²) >= 11 is 0. The van der Waals surface area contributed by atoms with Crippen molar-refractivity contribution in [2.75, 3.05) is 32.2 Å². The van der Waals surface area contributed by atoms with Crippen LogP contribution in [0.5, 0.6) is 5.88 Å². The van der Waals surface area contributed by atoms with Crippen molar-refractivity contribution in [2.45, 2.75) is 20.0 Å². The maximum atomic E-state index is 11.4. The number of methoxy groups -OCH3 is 2. The lowest BCUT2D eigenvalue weighted by Gasteiger charge is -2.21. The van der Waals surface area contributed by atoms with Gasteiger partial charge in [0.2, 0.25) is 5.88 Å². The molecule has 0 amide bonds. The molecule has 0 atom stereocenters. The zero-order chi connectivity index (χ0) is 15.8. The van der Waals surface area contributed by atoms with E-state index in [4.69, 9.17) is 4.74 Å². The molecule has 1 heterocycles. The summed E-state index contributed by atoms with van der Waals surface area (Å²) in [6.07, 6.45) is 2.82. The first kappa shape index (κ1) is 16.7. The topological polar surface area (TPSA) is 90.9 Å². The summed E-state index contributed by atoms with van der Waals surface area (Å²) in [5, 5.41) is 0. The molecule has 1 rings (SSSR count). The lowest BCUT2D eigenvalue weighted by molar-refractivity contribution is -0.140. The molecule has 21 heavy (non-hydrogen) atoms. The second-order valence-electron chi connectivity index (χ2n) is 4.39. The molecular weight excluding hydrogens is 278 g/mol. The van der Waals surface area contributed by atoms with E-state index in [0.717, 1.165) is 0 Å². The van der Waals surface area contributed by atoms with Gasteiger partial charge in [0.1, 0.15) is 13.1 Å². The van der Waals surface area contributed by atoms with Crippen LogP contribution >= 0.6 is 0 Å². The summed E-state index contributed by atoms with van der Waals surface area (Å²) in [5.41, 5.74) is 0. The van der Waals surface area contributed by atoms with Crippen molar-refractivity contribution in [2.24, 2.45) is 0 Å². The van der Waals surface area contributed by atoms with Crippen LogP contribution in [0.4, 0.5) is 5.82 Å². The first-order valence-corrected chi connectivity index (χ1v) is 6.33. The fourth-order valence-electron chi connectivity index (χ4n) is 1.45. The summed E-state index contributed by atoms with van der Waals surface area (Å²) in [4.78, 5) is 32.5. The van der Waals surface area contributed by atoms with Gasteiger partial charge in [-0.05, 0) is 13.8 Å². The molecule has 0 unspecified atom stereocenters. The maximum absolute atomic E-state index is 11.4. The van der Waals surface area contributed by atoms with E-state index in [9.17, 15) is 9.59 Å². The van der Waals surface area contributed by atoms with Crippen LogP contribution in [0.2, 0.25) is 0 Å². The zero-order valence-electron chi connectivity index (χ0n) is 12.5. The normalized spacial score (nSPS) is 10.1. The smallest absolute Gasteiger partial charge is 0.325 e. The van der Waals surface area contributed by atoms with Crippen LogP contribution in [0.15, 0.2) is 12.4 Å². The van der Waals surface area contributed by atoms with Gasteiger partial charge < -0.3 is 19.1 Å². The third-order valence-electron chi connectivity index (χ3n) is 2.38. The molecule has 0 saturated heterocycles. The number of esters is 2. The van der Waals surface area contributed by atoms with Crippen molar-refractivity contribution in [3.05, 3.63) is 12.4 Å². The van der Waals surface area contributed by atoms with Gasteiger partial charge in [0.05, 0.1) is 32.7 Å². The first-order chi connectivity index (χ1) is 9.96. The molecule has 0 bridgehead atoms. The molecular formula is C13H19N3O5. The van der Waals surface area contributed by atoms with E-state index in [2.05, 4.69) is 19.4 Å². The molecule has 0 aliphatic rings. The molecule has 0 radical (unpaired) electrons. The molecule has 0 aliphatic heterocycles. The fourth-order valence-corrected chi connectivity index (χ4v) is 1.45. The van der Waals surface area contributed by atoms with Crippen molar-refractivity contribution in [1.29, 1.82) is 0 Å². The Hall–Kier alpha value is -2.38. The van der Waals surface area contributed by atoms with Gasteiger partial charge in [0, 0.05) is 0 Å². The van der Waals surface area contributed by atoms with E-state index in [-0.39, 0.29) is 19.2 Å². The molecule has 0 aromatic carbocycles. The van der Waals surface area contributed by atoms with Gasteiger partial charge in [0.25, 0.3) is 0 Å². The minimum atomic E-state index is -0.504. The van der Waals surface area contributed by atoms with Crippen LogP contribution in [-0.4, -0.2) is 55.3 Å². The van der Waals surface area contributed by atoms with Crippen molar-refractivity contribution >= 4 is 17.8 Å². The Morgan fingerprint density at radius 3 is 2.19 bits per heavy atom. The number of carbonyl (C=O) groups is 2. The van der Waals surface area contributed by atoms with Crippen molar-refractivity contribution in [3.8, 4) is 5.88 Å². The van der Waals surface area contributed by atoms with E-state index >= 15 is 0 Å². The molecule has 1 aromatic heterocycles. The van der Waals surface area contributed by atoms with Crippen LogP contribution in [-0.2, 0) is 19.1 Å². The number of hydrogen-bond acceptors (Lipinski definition) is 8. The molecule has 1 aromatic rings. The highest BCUT2D eigenvalue weighted by Gasteiger charge is 2.18. The highest BCUT2D eigenvalue weighted by Crippen LogP contribution is 2.15. The zero-order valence-corrected chi connectivity index (χ0v) is 12.5. The van der Waals surface area contributed by atoms with E-state index in [1.165, 1.54) is 31.5 Å². The summed E-state index contributed by atoms with van der Waals surface area (Å²) < 4.78 is 14.6. The van der Waals surface area contributed by atoms with Gasteiger partial charge in [-0.15, -0.1) is 0 Å². The Balaban J connectivity index is 2.95. The first-order valence-electron chi connectivity index (χ1n) is 6.33. The summed E-state index contributed by atoms with van der Waals surface area (Å²) in [7, 11) is 2.53. The van der Waals surface area contributed by atoms with E-state index in [1.54, 1.807) is 0 Å². The Bertz CT molecular complexity index is 474. The average molecular weight is 297 g/mol. The number of ether oxygens (including phenoxy) is 3. The molecule has 0 N–H and O–H groups in total. The number of anilines is 1. The predicted molar refractivity (Wildman–Crippen MR) is 74.0 cm³/mol. The minimum Gasteiger partial charge on any atom is -0.474 e. The van der Waals surface area contributed by atoms with Crippen LogP contribution in [0.25, 0.3) is 0 Å². The number of nitrogens with zero attached hydrogens (tertiary/aromatic N) is 3. The van der Waals surface area contributed by atoms with E-state index in [1.807, 2.05) is 13.8 Å². The standard InChI is InChI=1S/C13H19N3O5/c1-9(2)21-11-6-14-5-10(15-11)16(7-12(17)19-3)8-13(18)20-4/h5-6,9H,7-8H2,1-4H3. The van der Waals surface area contributed by atoms with Crippen molar-refractivity contribution in [3.63, 3.8) is 0 Å². The maximum Gasteiger partial charge on any atom is 0.325 e. The Morgan fingerprint density at radius 2 is 1.71 bits per heavy atom. The van der Waals surface area contributed by atoms with E-state index < -0.39 is 11.9 Å². The second kappa shape index (κ2) is 8.03. The fraction of sp³-hybridized carbons (Fsp3) is 0.538. The van der Waals surface area contributed by atoms with Crippen LogP contribution in [0.3, 0.4) is 0 Å². The third kappa shape index (κ3) is 5.64. The number of hydrogen-bond donors (Lipinski definition) is 0. The van der Waals surface area contributed by atoms with Crippen LogP contribution in [0.1, 0.15) is 13.8 Å². The highest BCUT2D eigenvalue weighted by molar-refractivity contribution is 5.80. The molecule has 116 valence electrons. The highest BCUT2D eigenvalue weighted by atomic mass is 16.5. The van der Waals surface area contributed by atoms with Gasteiger partial charge >= 0.3 is 11.9 Å². The molecule has 8 nitrogen and oxygen atoms in total. The summed E-state index contributed by atoms with van der Waals surface area (Å²) in [5.74, 6) is -0.377. The lowest BCUT2D eigenvalue weighted by Crippen LogP contribution is -2.36. The molecule has 0 aliphatic carbocycles.